The van der Waals surface area contributed by atoms with Crippen molar-refractivity contribution < 1.29 is 24.6 Å². The molecular formula is C25H36N2O5. The first kappa shape index (κ1) is 25.7. The van der Waals surface area contributed by atoms with Crippen LogP contribution in [0.25, 0.3) is 0 Å². The molecule has 2 amide bonds. The van der Waals surface area contributed by atoms with E-state index in [4.69, 9.17) is 0 Å². The van der Waals surface area contributed by atoms with Gasteiger partial charge in [0.25, 0.3) is 0 Å². The van der Waals surface area contributed by atoms with Gasteiger partial charge in [-0.05, 0) is 39.7 Å². The maximum atomic E-state index is 13.4. The normalized spacial score (nSPS) is 19.4. The summed E-state index contributed by atoms with van der Waals surface area (Å²) in [4.78, 5) is 41.0. The van der Waals surface area contributed by atoms with Gasteiger partial charge in [0.1, 0.15) is 6.54 Å². The fourth-order valence-electron chi connectivity index (χ4n) is 4.10. The molecule has 2 aliphatic carbocycles. The van der Waals surface area contributed by atoms with Gasteiger partial charge in [0, 0.05) is 36.4 Å². The Morgan fingerprint density at radius 3 is 2.31 bits per heavy atom. The van der Waals surface area contributed by atoms with E-state index in [1.807, 2.05) is 20.8 Å². The van der Waals surface area contributed by atoms with E-state index in [2.05, 4.69) is 11.8 Å². The molecule has 32 heavy (non-hydrogen) atoms. The number of hydrogen-bond acceptors (Lipinski definition) is 4. The highest BCUT2D eigenvalue weighted by Crippen LogP contribution is 2.32. The lowest BCUT2D eigenvalue weighted by Crippen LogP contribution is -2.56. The van der Waals surface area contributed by atoms with Crippen molar-refractivity contribution in [2.45, 2.75) is 72.8 Å². The van der Waals surface area contributed by atoms with Gasteiger partial charge in [-0.3, -0.25) is 9.59 Å². The summed E-state index contributed by atoms with van der Waals surface area (Å²) in [5, 5.41) is 19.3. The van der Waals surface area contributed by atoms with Gasteiger partial charge in [-0.2, -0.15) is 0 Å². The molecule has 1 saturated heterocycles. The number of hydrogen-bond donors (Lipinski definition) is 2. The molecule has 3 rings (SSSR count). The second kappa shape index (κ2) is 10.4. The first-order valence-electron chi connectivity index (χ1n) is 11.0. The van der Waals surface area contributed by atoms with Crippen LogP contribution in [0.1, 0.15) is 66.7 Å². The first-order chi connectivity index (χ1) is 14.5. The van der Waals surface area contributed by atoms with Crippen molar-refractivity contribution in [2.75, 3.05) is 19.6 Å². The minimum absolute atomic E-state index is 0. The average molecular weight is 445 g/mol. The van der Waals surface area contributed by atoms with Gasteiger partial charge in [-0.25, -0.2) is 4.79 Å². The van der Waals surface area contributed by atoms with Gasteiger partial charge >= 0.3 is 5.97 Å². The van der Waals surface area contributed by atoms with Crippen LogP contribution < -0.4 is 0 Å². The molecule has 0 bridgehead atoms. The van der Waals surface area contributed by atoms with Gasteiger partial charge in [0.2, 0.25) is 11.8 Å². The Bertz CT molecular complexity index is 872. The van der Waals surface area contributed by atoms with Gasteiger partial charge < -0.3 is 20.0 Å². The maximum absolute atomic E-state index is 13.4. The molecule has 0 aromatic heterocycles. The maximum Gasteiger partial charge on any atom is 0.334 e. The second-order valence-corrected chi connectivity index (χ2v) is 9.73. The van der Waals surface area contributed by atoms with Crippen LogP contribution in [-0.2, 0) is 14.4 Å². The number of allylic oxidation sites excluding steroid dienone is 2. The minimum Gasteiger partial charge on any atom is -0.478 e. The fourth-order valence-corrected chi connectivity index (χ4v) is 4.10. The Labute approximate surface area is 191 Å². The van der Waals surface area contributed by atoms with Crippen molar-refractivity contribution in [2.24, 2.45) is 11.3 Å². The van der Waals surface area contributed by atoms with Crippen LogP contribution in [0.3, 0.4) is 0 Å². The minimum atomic E-state index is -1.10. The third-order valence-electron chi connectivity index (χ3n) is 5.86. The van der Waals surface area contributed by atoms with E-state index < -0.39 is 12.1 Å². The van der Waals surface area contributed by atoms with Crippen molar-refractivity contribution in [3.63, 3.8) is 0 Å². The molecule has 0 atom stereocenters. The zero-order valence-corrected chi connectivity index (χ0v) is 18.6. The number of carboxylic acids is 1. The zero-order chi connectivity index (χ0) is 22.8. The molecule has 7 heteroatoms. The zero-order valence-electron chi connectivity index (χ0n) is 18.6. The Morgan fingerprint density at radius 1 is 1.16 bits per heavy atom. The Hall–Kier alpha value is -2.59. The van der Waals surface area contributed by atoms with E-state index in [9.17, 15) is 24.6 Å². The third-order valence-corrected chi connectivity index (χ3v) is 5.86. The molecule has 0 spiro atoms. The largest absolute Gasteiger partial charge is 0.478 e. The third kappa shape index (κ3) is 6.23. The number of aliphatic hydroxyl groups is 1. The van der Waals surface area contributed by atoms with Crippen LogP contribution in [0.5, 0.6) is 0 Å². The van der Waals surface area contributed by atoms with Crippen molar-refractivity contribution in [3.8, 4) is 11.8 Å². The standard InChI is InChI=1S/C24H32N2O5.CH4/c1-24(2,3)10-9-16-11-19(23(30)31)20(12-16)26(15-21(28)25-13-18(27)14-25)22(29)17-7-5-4-6-8-17;/h12,17-18,27H,4-8,11,13-15H2,1-3H3,(H,30,31);1H4. The van der Waals surface area contributed by atoms with E-state index in [0.29, 0.717) is 5.57 Å². The summed E-state index contributed by atoms with van der Waals surface area (Å²) >= 11 is 0. The monoisotopic (exact) mass is 444 g/mol. The average Bonchev–Trinajstić information content (AvgIpc) is 3.12. The molecule has 0 radical (unpaired) electrons. The van der Waals surface area contributed by atoms with Crippen molar-refractivity contribution in [3.05, 3.63) is 22.9 Å². The van der Waals surface area contributed by atoms with Crippen molar-refractivity contribution in [1.29, 1.82) is 0 Å². The fraction of sp³-hybridized carbons (Fsp3) is 0.640. The van der Waals surface area contributed by atoms with Crippen LogP contribution in [-0.4, -0.2) is 63.5 Å². The number of rotatable bonds is 5. The molecule has 1 aliphatic heterocycles. The van der Waals surface area contributed by atoms with E-state index in [0.717, 1.165) is 32.1 Å². The van der Waals surface area contributed by atoms with E-state index in [1.54, 1.807) is 6.08 Å². The predicted molar refractivity (Wildman–Crippen MR) is 122 cm³/mol. The Morgan fingerprint density at radius 2 is 1.78 bits per heavy atom. The van der Waals surface area contributed by atoms with Gasteiger partial charge in [0.15, 0.2) is 0 Å². The molecule has 2 fully saturated rings. The highest BCUT2D eigenvalue weighted by molar-refractivity contribution is 5.94. The highest BCUT2D eigenvalue weighted by atomic mass is 16.4. The number of β-amino-alcohol motifs (C(OH)–C–C–N with tert-alkyl or cyclic N) is 1. The van der Waals surface area contributed by atoms with Gasteiger partial charge in [0.05, 0.1) is 17.4 Å². The SMILES string of the molecule is C.CC(C)(C)C#CC1=CC(N(CC(=O)N2CC(O)C2)C(=O)C2CCCCC2)=C(C(=O)O)C1. The molecule has 0 aromatic carbocycles. The summed E-state index contributed by atoms with van der Waals surface area (Å²) in [7, 11) is 0. The molecule has 176 valence electrons. The lowest BCUT2D eigenvalue weighted by molar-refractivity contribution is -0.147. The Kier molecular flexibility index (Phi) is 8.30. The van der Waals surface area contributed by atoms with E-state index in [-0.39, 0.29) is 67.9 Å². The smallest absolute Gasteiger partial charge is 0.334 e. The lowest BCUT2D eigenvalue weighted by atomic mass is 9.88. The summed E-state index contributed by atoms with van der Waals surface area (Å²) in [5.74, 6) is 4.38. The number of aliphatic hydroxyl groups excluding tert-OH is 1. The molecule has 1 saturated carbocycles. The van der Waals surface area contributed by atoms with E-state index >= 15 is 0 Å². The highest BCUT2D eigenvalue weighted by Gasteiger charge is 2.36. The number of aliphatic carboxylic acids is 1. The molecule has 7 nitrogen and oxygen atoms in total. The number of nitrogens with zero attached hydrogens (tertiary/aromatic N) is 2. The van der Waals surface area contributed by atoms with Crippen LogP contribution in [0, 0.1) is 23.2 Å². The van der Waals surface area contributed by atoms with Gasteiger partial charge in [-0.1, -0.05) is 38.5 Å². The number of likely N-dealkylation sites (tertiary alicyclic amines) is 1. The quantitative estimate of drug-likeness (QED) is 0.636. The summed E-state index contributed by atoms with van der Waals surface area (Å²) in [6.45, 7) is 6.19. The Balaban J connectivity index is 0.00000363. The second-order valence-electron chi connectivity index (χ2n) is 9.73. The molecule has 0 aromatic rings. The molecule has 0 unspecified atom stereocenters. The first-order valence-corrected chi connectivity index (χ1v) is 11.0. The van der Waals surface area contributed by atoms with E-state index in [1.165, 1.54) is 9.80 Å². The topological polar surface area (TPSA) is 98.2 Å². The van der Waals surface area contributed by atoms with Crippen molar-refractivity contribution >= 4 is 17.8 Å². The van der Waals surface area contributed by atoms with Crippen LogP contribution in [0.4, 0.5) is 0 Å². The van der Waals surface area contributed by atoms with Crippen molar-refractivity contribution in [1.82, 2.24) is 9.80 Å². The summed E-state index contributed by atoms with van der Waals surface area (Å²) in [6.07, 6.45) is 5.76. The number of carbonyl (C=O) groups excluding carboxylic acids is 2. The lowest BCUT2D eigenvalue weighted by Gasteiger charge is -2.38. The molecule has 1 heterocycles. The molecule has 3 aliphatic rings. The number of carboxylic acid groups (broad SMARTS) is 1. The summed E-state index contributed by atoms with van der Waals surface area (Å²) in [6, 6.07) is 0. The molecular weight excluding hydrogens is 408 g/mol. The summed E-state index contributed by atoms with van der Waals surface area (Å²) < 4.78 is 0. The van der Waals surface area contributed by atoms with Gasteiger partial charge in [-0.15, -0.1) is 0 Å². The van der Waals surface area contributed by atoms with Crippen LogP contribution in [0.15, 0.2) is 22.9 Å². The molecule has 2 N–H and O–H groups in total. The van der Waals surface area contributed by atoms with Crippen LogP contribution in [0.2, 0.25) is 0 Å². The predicted octanol–water partition coefficient (Wildman–Crippen LogP) is 2.95. The number of amides is 2. The number of carbonyl (C=O) groups is 3. The van der Waals surface area contributed by atoms with Crippen LogP contribution >= 0.6 is 0 Å². The summed E-state index contributed by atoms with van der Waals surface area (Å²) in [5.41, 5.74) is 0.768.